The molecule has 1 N–H and O–H groups in total. The van der Waals surface area contributed by atoms with Crippen molar-refractivity contribution in [3.8, 4) is 17.6 Å². The van der Waals surface area contributed by atoms with E-state index in [-0.39, 0.29) is 6.61 Å². The molecule has 20 heavy (non-hydrogen) atoms. The minimum absolute atomic E-state index is 0.288. The SMILES string of the molecule is C[C@H](O)c1cc(Br)ccc1OCC#Cc1ccccc1. The number of hydrogen-bond donors (Lipinski definition) is 1. The average Bonchev–Trinajstić information content (AvgIpc) is 2.45. The highest BCUT2D eigenvalue weighted by atomic mass is 79.9. The van der Waals surface area contributed by atoms with Gasteiger partial charge in [0.25, 0.3) is 0 Å². The molecular weight excluding hydrogens is 316 g/mol. The minimum atomic E-state index is -0.579. The van der Waals surface area contributed by atoms with Crippen LogP contribution in [0, 0.1) is 11.8 Å². The maximum atomic E-state index is 9.73. The van der Waals surface area contributed by atoms with Crippen molar-refractivity contribution in [2.24, 2.45) is 0 Å². The van der Waals surface area contributed by atoms with E-state index in [1.54, 1.807) is 6.92 Å². The Morgan fingerprint density at radius 2 is 1.95 bits per heavy atom. The third-order valence-electron chi connectivity index (χ3n) is 2.73. The molecule has 0 saturated carbocycles. The molecule has 0 fully saturated rings. The normalized spacial score (nSPS) is 11.3. The molecule has 102 valence electrons. The molecule has 0 aliphatic heterocycles. The van der Waals surface area contributed by atoms with Gasteiger partial charge in [0, 0.05) is 15.6 Å². The Kier molecular flexibility index (Phi) is 5.23. The van der Waals surface area contributed by atoms with E-state index >= 15 is 0 Å². The molecule has 0 aliphatic rings. The molecular formula is C17H15BrO2. The van der Waals surface area contributed by atoms with Gasteiger partial charge in [-0.15, -0.1) is 0 Å². The van der Waals surface area contributed by atoms with E-state index in [9.17, 15) is 5.11 Å². The van der Waals surface area contributed by atoms with Crippen molar-refractivity contribution in [3.63, 3.8) is 0 Å². The van der Waals surface area contributed by atoms with Gasteiger partial charge >= 0.3 is 0 Å². The van der Waals surface area contributed by atoms with Crippen LogP contribution in [-0.4, -0.2) is 11.7 Å². The van der Waals surface area contributed by atoms with Gasteiger partial charge < -0.3 is 9.84 Å². The molecule has 0 spiro atoms. The molecule has 2 nitrogen and oxygen atoms in total. The topological polar surface area (TPSA) is 29.5 Å². The zero-order valence-electron chi connectivity index (χ0n) is 11.1. The molecule has 0 amide bonds. The Morgan fingerprint density at radius 3 is 2.65 bits per heavy atom. The number of benzene rings is 2. The zero-order valence-corrected chi connectivity index (χ0v) is 12.7. The molecule has 0 aliphatic carbocycles. The van der Waals surface area contributed by atoms with Crippen molar-refractivity contribution >= 4 is 15.9 Å². The van der Waals surface area contributed by atoms with Crippen molar-refractivity contribution in [2.75, 3.05) is 6.61 Å². The predicted molar refractivity (Wildman–Crippen MR) is 83.6 cm³/mol. The third kappa shape index (κ3) is 4.12. The second-order valence-corrected chi connectivity index (χ2v) is 5.23. The van der Waals surface area contributed by atoms with E-state index in [2.05, 4.69) is 27.8 Å². The molecule has 1 atom stereocenters. The third-order valence-corrected chi connectivity index (χ3v) is 3.22. The van der Waals surface area contributed by atoms with Crippen LogP contribution in [0.1, 0.15) is 24.2 Å². The molecule has 0 saturated heterocycles. The number of rotatable bonds is 3. The smallest absolute Gasteiger partial charge is 0.149 e. The van der Waals surface area contributed by atoms with Crippen molar-refractivity contribution in [1.29, 1.82) is 0 Å². The quantitative estimate of drug-likeness (QED) is 0.864. The summed E-state index contributed by atoms with van der Waals surface area (Å²) in [6.45, 7) is 2.00. The van der Waals surface area contributed by atoms with Crippen molar-refractivity contribution in [2.45, 2.75) is 13.0 Å². The lowest BCUT2D eigenvalue weighted by Crippen LogP contribution is -2.00. The van der Waals surface area contributed by atoms with E-state index in [1.165, 1.54) is 0 Å². The Morgan fingerprint density at radius 1 is 1.20 bits per heavy atom. The van der Waals surface area contributed by atoms with E-state index in [1.807, 2.05) is 48.5 Å². The fraction of sp³-hybridized carbons (Fsp3) is 0.176. The first-order valence-electron chi connectivity index (χ1n) is 6.31. The van der Waals surface area contributed by atoms with Gasteiger partial charge in [0.05, 0.1) is 6.10 Å². The molecule has 3 heteroatoms. The first-order valence-corrected chi connectivity index (χ1v) is 7.10. The van der Waals surface area contributed by atoms with Gasteiger partial charge in [-0.2, -0.15) is 0 Å². The van der Waals surface area contributed by atoms with Crippen LogP contribution in [0.25, 0.3) is 0 Å². The van der Waals surface area contributed by atoms with Crippen LogP contribution in [0.5, 0.6) is 5.75 Å². The van der Waals surface area contributed by atoms with Crippen molar-refractivity contribution in [3.05, 3.63) is 64.1 Å². The second-order valence-electron chi connectivity index (χ2n) is 4.31. The van der Waals surface area contributed by atoms with Gasteiger partial charge in [-0.3, -0.25) is 0 Å². The molecule has 0 aromatic heterocycles. The van der Waals surface area contributed by atoms with Crippen LogP contribution in [0.4, 0.5) is 0 Å². The predicted octanol–water partition coefficient (Wildman–Crippen LogP) is 3.93. The van der Waals surface area contributed by atoms with Gasteiger partial charge in [-0.1, -0.05) is 46.0 Å². The molecule has 0 heterocycles. The second kappa shape index (κ2) is 7.14. The highest BCUT2D eigenvalue weighted by Gasteiger charge is 2.09. The fourth-order valence-corrected chi connectivity index (χ4v) is 2.13. The Hall–Kier alpha value is -1.76. The summed E-state index contributed by atoms with van der Waals surface area (Å²) in [5.74, 6) is 6.65. The van der Waals surface area contributed by atoms with Crippen LogP contribution in [0.2, 0.25) is 0 Å². The standard InChI is InChI=1S/C17H15BrO2/c1-13(19)16-12-15(18)9-10-17(16)20-11-5-8-14-6-3-2-4-7-14/h2-4,6-7,9-10,12-13,19H,11H2,1H3/t13-/m0/s1. The number of halogens is 1. The Balaban J connectivity index is 2.03. The largest absolute Gasteiger partial charge is 0.481 e. The first kappa shape index (κ1) is 14.6. The maximum Gasteiger partial charge on any atom is 0.149 e. The monoisotopic (exact) mass is 330 g/mol. The Labute approximate surface area is 127 Å². The number of aliphatic hydroxyl groups is 1. The van der Waals surface area contributed by atoms with E-state index in [0.29, 0.717) is 5.75 Å². The van der Waals surface area contributed by atoms with Crippen LogP contribution >= 0.6 is 15.9 Å². The summed E-state index contributed by atoms with van der Waals surface area (Å²) in [5.41, 5.74) is 1.71. The highest BCUT2D eigenvalue weighted by molar-refractivity contribution is 9.10. The summed E-state index contributed by atoms with van der Waals surface area (Å²) in [4.78, 5) is 0. The van der Waals surface area contributed by atoms with Crippen LogP contribution in [0.3, 0.4) is 0 Å². The molecule has 0 radical (unpaired) electrons. The molecule has 2 aromatic rings. The molecule has 2 rings (SSSR count). The summed E-state index contributed by atoms with van der Waals surface area (Å²) >= 11 is 3.38. The summed E-state index contributed by atoms with van der Waals surface area (Å²) < 4.78 is 6.53. The number of hydrogen-bond acceptors (Lipinski definition) is 2. The summed E-state index contributed by atoms with van der Waals surface area (Å²) in [7, 11) is 0. The number of aliphatic hydroxyl groups excluding tert-OH is 1. The van der Waals surface area contributed by atoms with Gasteiger partial charge in [0.1, 0.15) is 12.4 Å². The number of ether oxygens (including phenoxy) is 1. The summed E-state index contributed by atoms with van der Waals surface area (Å²) in [6, 6.07) is 15.3. The van der Waals surface area contributed by atoms with E-state index in [0.717, 1.165) is 15.6 Å². The zero-order chi connectivity index (χ0) is 14.4. The van der Waals surface area contributed by atoms with Gasteiger partial charge in [-0.05, 0) is 37.3 Å². The molecule has 0 bridgehead atoms. The van der Waals surface area contributed by atoms with Crippen molar-refractivity contribution < 1.29 is 9.84 Å². The van der Waals surface area contributed by atoms with E-state index in [4.69, 9.17) is 4.74 Å². The van der Waals surface area contributed by atoms with E-state index < -0.39 is 6.10 Å². The average molecular weight is 331 g/mol. The van der Waals surface area contributed by atoms with Gasteiger partial charge in [0.2, 0.25) is 0 Å². The summed E-state index contributed by atoms with van der Waals surface area (Å²) in [6.07, 6.45) is -0.579. The van der Waals surface area contributed by atoms with Crippen molar-refractivity contribution in [1.82, 2.24) is 0 Å². The summed E-state index contributed by atoms with van der Waals surface area (Å²) in [5, 5.41) is 9.73. The molecule has 0 unspecified atom stereocenters. The van der Waals surface area contributed by atoms with Gasteiger partial charge in [0.15, 0.2) is 0 Å². The van der Waals surface area contributed by atoms with Crippen LogP contribution < -0.4 is 4.74 Å². The highest BCUT2D eigenvalue weighted by Crippen LogP contribution is 2.28. The lowest BCUT2D eigenvalue weighted by Gasteiger charge is -2.12. The lowest BCUT2D eigenvalue weighted by atomic mass is 10.1. The molecule has 2 aromatic carbocycles. The fourth-order valence-electron chi connectivity index (χ4n) is 1.75. The lowest BCUT2D eigenvalue weighted by molar-refractivity contribution is 0.193. The first-order chi connectivity index (χ1) is 9.66. The van der Waals surface area contributed by atoms with Crippen LogP contribution in [-0.2, 0) is 0 Å². The Bertz CT molecular complexity index is 624. The van der Waals surface area contributed by atoms with Crippen LogP contribution in [0.15, 0.2) is 53.0 Å². The van der Waals surface area contributed by atoms with Gasteiger partial charge in [-0.25, -0.2) is 0 Å². The maximum absolute atomic E-state index is 9.73. The minimum Gasteiger partial charge on any atom is -0.481 e.